The summed E-state index contributed by atoms with van der Waals surface area (Å²) in [6.07, 6.45) is 3.44. The molecule has 3 N–H and O–H groups in total. The van der Waals surface area contributed by atoms with E-state index in [1.165, 1.54) is 0 Å². The first-order valence-corrected chi connectivity index (χ1v) is 4.91. The van der Waals surface area contributed by atoms with E-state index >= 15 is 0 Å². The first-order valence-electron chi connectivity index (χ1n) is 4.91. The molecule has 15 heavy (non-hydrogen) atoms. The molecule has 1 aromatic rings. The predicted molar refractivity (Wildman–Crippen MR) is 60.2 cm³/mol. The van der Waals surface area contributed by atoms with Crippen molar-refractivity contribution in [3.05, 3.63) is 18.5 Å². The lowest BCUT2D eigenvalue weighted by Crippen LogP contribution is -2.29. The molecule has 5 nitrogen and oxygen atoms in total. The van der Waals surface area contributed by atoms with Crippen LogP contribution >= 0.6 is 0 Å². The molecule has 0 unspecified atom stereocenters. The standard InChI is InChI=1S/C10H17N3O2/c1-11-9-6-10(8-12-7-9)13(2-4-14)3-5-15/h6-8,11,14-15H,2-5H2,1H3. The van der Waals surface area contributed by atoms with E-state index in [4.69, 9.17) is 10.2 Å². The Kier molecular flexibility index (Phi) is 4.86. The van der Waals surface area contributed by atoms with Crippen molar-refractivity contribution in [1.29, 1.82) is 0 Å². The van der Waals surface area contributed by atoms with Gasteiger partial charge in [0.25, 0.3) is 0 Å². The van der Waals surface area contributed by atoms with E-state index < -0.39 is 0 Å². The van der Waals surface area contributed by atoms with Gasteiger partial charge in [-0.1, -0.05) is 0 Å². The molecule has 0 bridgehead atoms. The average Bonchev–Trinajstić information content (AvgIpc) is 2.29. The number of aliphatic hydroxyl groups excluding tert-OH is 2. The summed E-state index contributed by atoms with van der Waals surface area (Å²) in [5.41, 5.74) is 1.80. The van der Waals surface area contributed by atoms with Gasteiger partial charge >= 0.3 is 0 Å². The number of hydrogen-bond donors (Lipinski definition) is 3. The second kappa shape index (κ2) is 6.21. The number of aliphatic hydroxyl groups is 2. The SMILES string of the molecule is CNc1cncc(N(CCO)CCO)c1. The van der Waals surface area contributed by atoms with Gasteiger partial charge in [-0.25, -0.2) is 0 Å². The third kappa shape index (κ3) is 3.38. The normalized spacial score (nSPS) is 10.1. The van der Waals surface area contributed by atoms with Gasteiger partial charge in [-0.3, -0.25) is 4.98 Å². The number of nitrogens with zero attached hydrogens (tertiary/aromatic N) is 2. The Labute approximate surface area is 89.4 Å². The van der Waals surface area contributed by atoms with Crippen LogP contribution in [0.3, 0.4) is 0 Å². The van der Waals surface area contributed by atoms with Crippen molar-refractivity contribution in [2.75, 3.05) is 43.6 Å². The van der Waals surface area contributed by atoms with Crippen LogP contribution in [0, 0.1) is 0 Å². The molecule has 0 saturated heterocycles. The number of nitrogens with one attached hydrogen (secondary N) is 1. The first kappa shape index (κ1) is 11.7. The van der Waals surface area contributed by atoms with Gasteiger partial charge in [-0.2, -0.15) is 0 Å². The zero-order valence-corrected chi connectivity index (χ0v) is 8.85. The summed E-state index contributed by atoms with van der Waals surface area (Å²) >= 11 is 0. The van der Waals surface area contributed by atoms with Crippen LogP contribution in [0.25, 0.3) is 0 Å². The maximum atomic E-state index is 8.89. The van der Waals surface area contributed by atoms with Gasteiger partial charge < -0.3 is 20.4 Å². The van der Waals surface area contributed by atoms with Gasteiger partial charge in [-0.05, 0) is 6.07 Å². The highest BCUT2D eigenvalue weighted by molar-refractivity contribution is 5.55. The van der Waals surface area contributed by atoms with Crippen LogP contribution in [0.5, 0.6) is 0 Å². The van der Waals surface area contributed by atoms with Crippen LogP contribution < -0.4 is 10.2 Å². The molecule has 0 aliphatic carbocycles. The van der Waals surface area contributed by atoms with Crippen molar-refractivity contribution in [2.45, 2.75) is 0 Å². The molecule has 1 aromatic heterocycles. The summed E-state index contributed by atoms with van der Waals surface area (Å²) in [5.74, 6) is 0. The summed E-state index contributed by atoms with van der Waals surface area (Å²) in [4.78, 5) is 5.96. The summed E-state index contributed by atoms with van der Waals surface area (Å²) < 4.78 is 0. The number of rotatable bonds is 6. The zero-order valence-electron chi connectivity index (χ0n) is 8.85. The van der Waals surface area contributed by atoms with Gasteiger partial charge in [0.15, 0.2) is 0 Å². The Bertz CT molecular complexity index is 288. The molecule has 0 aliphatic heterocycles. The van der Waals surface area contributed by atoms with Crippen LogP contribution in [0.4, 0.5) is 11.4 Å². The fourth-order valence-corrected chi connectivity index (χ4v) is 1.35. The minimum atomic E-state index is 0.0593. The van der Waals surface area contributed by atoms with Crippen molar-refractivity contribution < 1.29 is 10.2 Å². The molecule has 84 valence electrons. The largest absolute Gasteiger partial charge is 0.395 e. The molecular weight excluding hydrogens is 194 g/mol. The molecule has 0 amide bonds. The number of hydrogen-bond acceptors (Lipinski definition) is 5. The molecule has 1 rings (SSSR count). The Balaban J connectivity index is 2.79. The van der Waals surface area contributed by atoms with E-state index in [1.54, 1.807) is 12.4 Å². The van der Waals surface area contributed by atoms with Crippen molar-refractivity contribution in [1.82, 2.24) is 4.98 Å². The lowest BCUT2D eigenvalue weighted by molar-refractivity contribution is 0.281. The topological polar surface area (TPSA) is 68.6 Å². The second-order valence-electron chi connectivity index (χ2n) is 3.12. The predicted octanol–water partition coefficient (Wildman–Crippen LogP) is -0.0857. The van der Waals surface area contributed by atoms with Gasteiger partial charge in [0, 0.05) is 20.1 Å². The minimum absolute atomic E-state index is 0.0593. The van der Waals surface area contributed by atoms with E-state index in [0.29, 0.717) is 13.1 Å². The first-order chi connectivity index (χ1) is 7.31. The maximum absolute atomic E-state index is 8.89. The summed E-state index contributed by atoms with van der Waals surface area (Å²) in [6.45, 7) is 1.11. The summed E-state index contributed by atoms with van der Waals surface area (Å²) in [5, 5.41) is 20.8. The zero-order chi connectivity index (χ0) is 11.1. The van der Waals surface area contributed by atoms with Gasteiger partial charge in [0.1, 0.15) is 0 Å². The van der Waals surface area contributed by atoms with E-state index in [1.807, 2.05) is 18.0 Å². The molecule has 0 aromatic carbocycles. The van der Waals surface area contributed by atoms with E-state index in [9.17, 15) is 0 Å². The van der Waals surface area contributed by atoms with Gasteiger partial charge in [0.05, 0.1) is 37.0 Å². The highest BCUT2D eigenvalue weighted by Gasteiger charge is 2.05. The molecule has 0 fully saturated rings. The highest BCUT2D eigenvalue weighted by atomic mass is 16.3. The minimum Gasteiger partial charge on any atom is -0.395 e. The molecule has 0 spiro atoms. The van der Waals surface area contributed by atoms with Crippen molar-refractivity contribution in [2.24, 2.45) is 0 Å². The molecule has 0 aliphatic rings. The highest BCUT2D eigenvalue weighted by Crippen LogP contribution is 2.16. The third-order valence-electron chi connectivity index (χ3n) is 2.12. The molecule has 0 radical (unpaired) electrons. The smallest absolute Gasteiger partial charge is 0.0606 e. The lowest BCUT2D eigenvalue weighted by atomic mass is 10.3. The van der Waals surface area contributed by atoms with Crippen molar-refractivity contribution in [3.8, 4) is 0 Å². The average molecular weight is 211 g/mol. The molecule has 5 heteroatoms. The fourth-order valence-electron chi connectivity index (χ4n) is 1.35. The molecule has 0 atom stereocenters. The number of aromatic nitrogens is 1. The Morgan fingerprint density at radius 3 is 2.47 bits per heavy atom. The fraction of sp³-hybridized carbons (Fsp3) is 0.500. The number of anilines is 2. The van der Waals surface area contributed by atoms with E-state index in [-0.39, 0.29) is 13.2 Å². The maximum Gasteiger partial charge on any atom is 0.0606 e. The van der Waals surface area contributed by atoms with E-state index in [0.717, 1.165) is 11.4 Å². The Morgan fingerprint density at radius 2 is 1.93 bits per heavy atom. The van der Waals surface area contributed by atoms with Crippen LogP contribution in [0.2, 0.25) is 0 Å². The lowest BCUT2D eigenvalue weighted by Gasteiger charge is -2.22. The van der Waals surface area contributed by atoms with E-state index in [2.05, 4.69) is 10.3 Å². The van der Waals surface area contributed by atoms with Gasteiger partial charge in [0.2, 0.25) is 0 Å². The van der Waals surface area contributed by atoms with Crippen LogP contribution in [0.1, 0.15) is 0 Å². The molecular formula is C10H17N3O2. The molecule has 0 saturated carbocycles. The van der Waals surface area contributed by atoms with Crippen LogP contribution in [0.15, 0.2) is 18.5 Å². The molecule has 1 heterocycles. The van der Waals surface area contributed by atoms with Crippen LogP contribution in [-0.2, 0) is 0 Å². The summed E-state index contributed by atoms with van der Waals surface area (Å²) in [7, 11) is 1.82. The second-order valence-corrected chi connectivity index (χ2v) is 3.12. The Morgan fingerprint density at radius 1 is 1.27 bits per heavy atom. The Hall–Kier alpha value is -1.33. The third-order valence-corrected chi connectivity index (χ3v) is 2.12. The van der Waals surface area contributed by atoms with Gasteiger partial charge in [-0.15, -0.1) is 0 Å². The van der Waals surface area contributed by atoms with Crippen molar-refractivity contribution in [3.63, 3.8) is 0 Å². The summed E-state index contributed by atoms with van der Waals surface area (Å²) in [6, 6.07) is 1.93. The number of pyridine rings is 1. The quantitative estimate of drug-likeness (QED) is 0.614. The monoisotopic (exact) mass is 211 g/mol. The van der Waals surface area contributed by atoms with Crippen LogP contribution in [-0.4, -0.2) is 48.5 Å². The van der Waals surface area contributed by atoms with Crippen molar-refractivity contribution >= 4 is 11.4 Å².